The average Bonchev–Trinajstić information content (AvgIpc) is 2.89. The first-order valence-electron chi connectivity index (χ1n) is 7.28. The summed E-state index contributed by atoms with van der Waals surface area (Å²) in [6, 6.07) is 20.6. The number of aromatic nitrogens is 1. The Morgan fingerprint density at radius 3 is 2.55 bits per heavy atom. The van der Waals surface area contributed by atoms with Crippen molar-refractivity contribution in [3.8, 4) is 17.0 Å². The molecule has 0 aliphatic heterocycles. The summed E-state index contributed by atoms with van der Waals surface area (Å²) in [6.07, 6.45) is 4.06. The number of rotatable bonds is 2. The largest absolute Gasteiger partial charge is 0.497 e. The van der Waals surface area contributed by atoms with Crippen LogP contribution in [0.1, 0.15) is 16.7 Å². The molecule has 0 saturated carbocycles. The van der Waals surface area contributed by atoms with Gasteiger partial charge in [-0.1, -0.05) is 36.4 Å². The molecule has 1 heterocycles. The van der Waals surface area contributed by atoms with Crippen molar-refractivity contribution in [2.45, 2.75) is 0 Å². The van der Waals surface area contributed by atoms with E-state index in [9.17, 15) is 0 Å². The Hall–Kier alpha value is -2.87. The van der Waals surface area contributed by atoms with E-state index in [0.29, 0.717) is 0 Å². The predicted molar refractivity (Wildman–Crippen MR) is 89.6 cm³/mol. The number of methoxy groups -OCH3 is 1. The number of nitrogens with zero attached hydrogens (tertiary/aromatic N) is 1. The van der Waals surface area contributed by atoms with E-state index in [-0.39, 0.29) is 0 Å². The van der Waals surface area contributed by atoms with Crippen LogP contribution in [0.25, 0.3) is 22.9 Å². The lowest BCUT2D eigenvalue weighted by Gasteiger charge is -2.05. The summed E-state index contributed by atoms with van der Waals surface area (Å²) in [6.45, 7) is 0. The van der Waals surface area contributed by atoms with Crippen molar-refractivity contribution in [3.05, 3.63) is 83.6 Å². The molecule has 4 rings (SSSR count). The lowest BCUT2D eigenvalue weighted by Crippen LogP contribution is -1.86. The van der Waals surface area contributed by atoms with Crippen molar-refractivity contribution in [1.29, 1.82) is 0 Å². The molecule has 22 heavy (non-hydrogen) atoms. The second kappa shape index (κ2) is 5.15. The maximum absolute atomic E-state index is 5.39. The molecule has 0 N–H and O–H groups in total. The predicted octanol–water partition coefficient (Wildman–Crippen LogP) is 4.66. The standard InChI is InChI=1S/C20H15NO/c1-22-15-9-10-17-19(13-15)18(12-14-6-3-2-4-7-14)16-8-5-11-21-20(16)17/h2-13H,1H3/b18-12+. The van der Waals surface area contributed by atoms with Gasteiger partial charge in [-0.2, -0.15) is 0 Å². The van der Waals surface area contributed by atoms with Crippen molar-refractivity contribution in [2.75, 3.05) is 7.11 Å². The fourth-order valence-corrected chi connectivity index (χ4v) is 2.93. The Labute approximate surface area is 129 Å². The molecule has 0 saturated heterocycles. The highest BCUT2D eigenvalue weighted by molar-refractivity contribution is 6.05. The fraction of sp³-hybridized carbons (Fsp3) is 0.0500. The van der Waals surface area contributed by atoms with Gasteiger partial charge in [0.1, 0.15) is 5.75 Å². The van der Waals surface area contributed by atoms with E-state index in [4.69, 9.17) is 4.74 Å². The van der Waals surface area contributed by atoms with E-state index in [1.54, 1.807) is 7.11 Å². The first-order chi connectivity index (χ1) is 10.9. The SMILES string of the molecule is COc1ccc2c(c1)/C(=C/c1ccccc1)c1cccnc1-2. The van der Waals surface area contributed by atoms with E-state index in [1.165, 1.54) is 27.8 Å². The molecule has 0 amide bonds. The van der Waals surface area contributed by atoms with Crippen LogP contribution in [0.15, 0.2) is 66.9 Å². The molecule has 0 radical (unpaired) electrons. The number of hydrogen-bond acceptors (Lipinski definition) is 2. The van der Waals surface area contributed by atoms with Crippen LogP contribution in [0.2, 0.25) is 0 Å². The molecule has 1 aliphatic carbocycles. The summed E-state index contributed by atoms with van der Waals surface area (Å²) >= 11 is 0. The molecule has 2 nitrogen and oxygen atoms in total. The summed E-state index contributed by atoms with van der Waals surface area (Å²) in [5.74, 6) is 0.866. The van der Waals surface area contributed by atoms with Gasteiger partial charge in [0.05, 0.1) is 12.8 Å². The van der Waals surface area contributed by atoms with Gasteiger partial charge < -0.3 is 4.74 Å². The maximum atomic E-state index is 5.39. The third kappa shape index (κ3) is 2.01. The summed E-state index contributed by atoms with van der Waals surface area (Å²) in [5, 5.41) is 0. The molecule has 0 spiro atoms. The Balaban J connectivity index is 1.97. The van der Waals surface area contributed by atoms with Crippen LogP contribution in [0.3, 0.4) is 0 Å². The lowest BCUT2D eigenvalue weighted by atomic mass is 10.0. The number of pyridine rings is 1. The van der Waals surface area contributed by atoms with Gasteiger partial charge >= 0.3 is 0 Å². The highest BCUT2D eigenvalue weighted by Gasteiger charge is 2.24. The van der Waals surface area contributed by atoms with Crippen LogP contribution >= 0.6 is 0 Å². The monoisotopic (exact) mass is 285 g/mol. The molecule has 0 atom stereocenters. The van der Waals surface area contributed by atoms with Gasteiger partial charge in [-0.3, -0.25) is 4.98 Å². The first kappa shape index (κ1) is 12.8. The average molecular weight is 285 g/mol. The minimum absolute atomic E-state index is 0.866. The van der Waals surface area contributed by atoms with Crippen molar-refractivity contribution in [2.24, 2.45) is 0 Å². The van der Waals surface area contributed by atoms with E-state index in [2.05, 4.69) is 53.5 Å². The zero-order chi connectivity index (χ0) is 14.9. The summed E-state index contributed by atoms with van der Waals surface area (Å²) < 4.78 is 5.39. The van der Waals surface area contributed by atoms with Gasteiger partial charge in [-0.25, -0.2) is 0 Å². The molecule has 0 bridgehead atoms. The summed E-state index contributed by atoms with van der Waals surface area (Å²) in [7, 11) is 1.70. The van der Waals surface area contributed by atoms with Crippen molar-refractivity contribution in [3.63, 3.8) is 0 Å². The minimum atomic E-state index is 0.866. The van der Waals surface area contributed by atoms with Crippen LogP contribution in [0.5, 0.6) is 5.75 Å². The number of ether oxygens (including phenoxy) is 1. The Morgan fingerprint density at radius 1 is 0.864 bits per heavy atom. The van der Waals surface area contributed by atoms with E-state index < -0.39 is 0 Å². The first-order valence-corrected chi connectivity index (χ1v) is 7.28. The molecule has 2 aromatic carbocycles. The van der Waals surface area contributed by atoms with Crippen LogP contribution in [0, 0.1) is 0 Å². The van der Waals surface area contributed by atoms with Gasteiger partial charge in [0.2, 0.25) is 0 Å². The highest BCUT2D eigenvalue weighted by atomic mass is 16.5. The Morgan fingerprint density at radius 2 is 1.73 bits per heavy atom. The normalized spacial score (nSPS) is 13.8. The van der Waals surface area contributed by atoms with E-state index >= 15 is 0 Å². The fourth-order valence-electron chi connectivity index (χ4n) is 2.93. The van der Waals surface area contributed by atoms with Gasteiger partial charge in [-0.05, 0) is 47.0 Å². The Kier molecular flexibility index (Phi) is 3.01. The van der Waals surface area contributed by atoms with Crippen LogP contribution < -0.4 is 4.74 Å². The molecule has 3 aromatic rings. The van der Waals surface area contributed by atoms with Crippen molar-refractivity contribution >= 4 is 11.6 Å². The summed E-state index contributed by atoms with van der Waals surface area (Å²) in [5.41, 5.74) is 6.94. The van der Waals surface area contributed by atoms with Gasteiger partial charge in [0, 0.05) is 17.3 Å². The van der Waals surface area contributed by atoms with Crippen molar-refractivity contribution < 1.29 is 4.74 Å². The number of benzene rings is 2. The zero-order valence-corrected chi connectivity index (χ0v) is 12.3. The third-order valence-electron chi connectivity index (χ3n) is 3.98. The van der Waals surface area contributed by atoms with Crippen LogP contribution in [-0.4, -0.2) is 12.1 Å². The quantitative estimate of drug-likeness (QED) is 0.534. The molecule has 2 heteroatoms. The zero-order valence-electron chi connectivity index (χ0n) is 12.3. The molecule has 0 unspecified atom stereocenters. The van der Waals surface area contributed by atoms with E-state index in [0.717, 1.165) is 11.4 Å². The minimum Gasteiger partial charge on any atom is -0.497 e. The topological polar surface area (TPSA) is 22.1 Å². The van der Waals surface area contributed by atoms with Gasteiger partial charge in [0.25, 0.3) is 0 Å². The van der Waals surface area contributed by atoms with Gasteiger partial charge in [0.15, 0.2) is 0 Å². The molecule has 1 aliphatic rings. The van der Waals surface area contributed by atoms with Gasteiger partial charge in [-0.15, -0.1) is 0 Å². The summed E-state index contributed by atoms with van der Waals surface area (Å²) in [4.78, 5) is 4.57. The number of fused-ring (bicyclic) bond motifs is 3. The van der Waals surface area contributed by atoms with Crippen molar-refractivity contribution in [1.82, 2.24) is 4.98 Å². The molecule has 0 fully saturated rings. The second-order valence-corrected chi connectivity index (χ2v) is 5.28. The second-order valence-electron chi connectivity index (χ2n) is 5.28. The van der Waals surface area contributed by atoms with Crippen LogP contribution in [-0.2, 0) is 0 Å². The molecule has 1 aromatic heterocycles. The maximum Gasteiger partial charge on any atom is 0.119 e. The van der Waals surface area contributed by atoms with E-state index in [1.807, 2.05) is 24.4 Å². The third-order valence-corrected chi connectivity index (χ3v) is 3.98. The Bertz CT molecular complexity index is 866. The number of hydrogen-bond donors (Lipinski definition) is 0. The molecular formula is C20H15NO. The highest BCUT2D eigenvalue weighted by Crippen LogP contribution is 2.44. The molecular weight excluding hydrogens is 270 g/mol. The smallest absolute Gasteiger partial charge is 0.119 e. The molecule has 106 valence electrons. The lowest BCUT2D eigenvalue weighted by molar-refractivity contribution is 0.415. The van der Waals surface area contributed by atoms with Crippen LogP contribution in [0.4, 0.5) is 0 Å².